The summed E-state index contributed by atoms with van der Waals surface area (Å²) >= 11 is 0. The van der Waals surface area contributed by atoms with E-state index in [1.54, 1.807) is 0 Å². The van der Waals surface area contributed by atoms with Crippen molar-refractivity contribution in [3.05, 3.63) is 41.3 Å². The van der Waals surface area contributed by atoms with Crippen molar-refractivity contribution < 1.29 is 17.9 Å². The lowest BCUT2D eigenvalue weighted by Gasteiger charge is -2.08. The summed E-state index contributed by atoms with van der Waals surface area (Å²) in [5.41, 5.74) is 0.291. The van der Waals surface area contributed by atoms with Crippen molar-refractivity contribution in [1.82, 2.24) is 0 Å². The Balaban J connectivity index is 2.34. The number of benzene rings is 1. The van der Waals surface area contributed by atoms with Crippen LogP contribution < -0.4 is 0 Å². The zero-order chi connectivity index (χ0) is 10.1. The van der Waals surface area contributed by atoms with Gasteiger partial charge in [0.05, 0.1) is 0 Å². The van der Waals surface area contributed by atoms with Gasteiger partial charge in [-0.25, -0.2) is 13.2 Å². The van der Waals surface area contributed by atoms with E-state index in [1.807, 2.05) is 0 Å². The summed E-state index contributed by atoms with van der Waals surface area (Å²) < 4.78 is 43.4. The van der Waals surface area contributed by atoms with E-state index in [2.05, 4.69) is 0 Å². The molecule has 2 rings (SSSR count). The Kier molecular flexibility index (Phi) is 2.46. The molecule has 1 aliphatic heterocycles. The summed E-state index contributed by atoms with van der Waals surface area (Å²) in [6.45, 7) is 0.552. The molecule has 1 radical (unpaired) electrons. The Morgan fingerprint density at radius 1 is 1.07 bits per heavy atom. The Morgan fingerprint density at radius 2 is 1.71 bits per heavy atom. The largest absolute Gasteiger partial charge is 0.367 e. The molecular weight excluding hydrogens is 193 g/mol. The van der Waals surface area contributed by atoms with Gasteiger partial charge in [0.25, 0.3) is 0 Å². The van der Waals surface area contributed by atoms with Crippen molar-refractivity contribution in [3.63, 3.8) is 0 Å². The van der Waals surface area contributed by atoms with Crippen LogP contribution in [0.5, 0.6) is 0 Å². The third kappa shape index (κ3) is 1.62. The number of rotatable bonds is 1. The molecule has 1 nitrogen and oxygen atoms in total. The molecule has 0 N–H and O–H groups in total. The van der Waals surface area contributed by atoms with Gasteiger partial charge in [-0.15, -0.1) is 0 Å². The van der Waals surface area contributed by atoms with Gasteiger partial charge in [-0.2, -0.15) is 0 Å². The van der Waals surface area contributed by atoms with Crippen LogP contribution in [-0.4, -0.2) is 6.61 Å². The molecule has 14 heavy (non-hydrogen) atoms. The Labute approximate surface area is 79.5 Å². The van der Waals surface area contributed by atoms with Crippen LogP contribution in [-0.2, 0) is 4.74 Å². The topological polar surface area (TPSA) is 9.23 Å². The minimum absolute atomic E-state index is 0.291. The zero-order valence-corrected chi connectivity index (χ0v) is 7.32. The molecule has 0 aliphatic carbocycles. The third-order valence-corrected chi connectivity index (χ3v) is 2.13. The maximum Gasteiger partial charge on any atom is 0.194 e. The van der Waals surface area contributed by atoms with Gasteiger partial charge in [-0.3, -0.25) is 0 Å². The number of ether oxygens (including phenoxy) is 1. The van der Waals surface area contributed by atoms with Gasteiger partial charge in [-0.05, 0) is 30.5 Å². The smallest absolute Gasteiger partial charge is 0.194 e. The maximum absolute atomic E-state index is 12.8. The minimum Gasteiger partial charge on any atom is -0.367 e. The van der Waals surface area contributed by atoms with E-state index in [4.69, 9.17) is 4.74 Å². The van der Waals surface area contributed by atoms with Gasteiger partial charge in [0.2, 0.25) is 0 Å². The van der Waals surface area contributed by atoms with Gasteiger partial charge in [0.1, 0.15) is 6.10 Å². The first kappa shape index (κ1) is 9.52. The molecule has 0 atom stereocenters. The summed E-state index contributed by atoms with van der Waals surface area (Å²) in [6, 6.07) is 1.91. The molecule has 1 saturated heterocycles. The Morgan fingerprint density at radius 3 is 2.21 bits per heavy atom. The molecule has 1 heterocycles. The predicted molar refractivity (Wildman–Crippen MR) is 43.8 cm³/mol. The van der Waals surface area contributed by atoms with E-state index in [-0.39, 0.29) is 0 Å². The number of hydrogen-bond acceptors (Lipinski definition) is 1. The SMILES string of the molecule is Fc1cc([C]2CCCO2)cc(F)c1F. The van der Waals surface area contributed by atoms with E-state index in [1.165, 1.54) is 0 Å². The molecule has 1 fully saturated rings. The summed E-state index contributed by atoms with van der Waals surface area (Å²) in [5, 5.41) is 0. The van der Waals surface area contributed by atoms with Crippen molar-refractivity contribution in [2.45, 2.75) is 12.8 Å². The summed E-state index contributed by atoms with van der Waals surface area (Å²) in [6.07, 6.45) is 2.00. The minimum atomic E-state index is -1.44. The molecule has 1 aromatic carbocycles. The molecule has 0 unspecified atom stereocenters. The molecule has 0 amide bonds. The van der Waals surface area contributed by atoms with Crippen molar-refractivity contribution in [2.75, 3.05) is 6.61 Å². The molecule has 1 aliphatic rings. The van der Waals surface area contributed by atoms with E-state index in [9.17, 15) is 13.2 Å². The lowest BCUT2D eigenvalue weighted by molar-refractivity contribution is 0.215. The fourth-order valence-electron chi connectivity index (χ4n) is 1.44. The molecule has 4 heteroatoms. The van der Waals surface area contributed by atoms with Gasteiger partial charge in [-0.1, -0.05) is 0 Å². The standard InChI is InChI=1S/C10H8F3O/c11-7-4-6(5-8(12)10(7)13)9-2-1-3-14-9/h4-5H,1-3H2. The second kappa shape index (κ2) is 3.61. The van der Waals surface area contributed by atoms with Crippen LogP contribution in [0.25, 0.3) is 0 Å². The monoisotopic (exact) mass is 201 g/mol. The molecule has 1 aromatic rings. The molecule has 75 valence electrons. The quantitative estimate of drug-likeness (QED) is 0.635. The second-order valence-corrected chi connectivity index (χ2v) is 3.13. The van der Waals surface area contributed by atoms with Crippen molar-refractivity contribution in [1.29, 1.82) is 0 Å². The average Bonchev–Trinajstić information content (AvgIpc) is 2.66. The maximum atomic E-state index is 12.8. The second-order valence-electron chi connectivity index (χ2n) is 3.13. The lowest BCUT2D eigenvalue weighted by atomic mass is 10.1. The van der Waals surface area contributed by atoms with Gasteiger partial charge < -0.3 is 4.74 Å². The van der Waals surface area contributed by atoms with Crippen LogP contribution in [0.1, 0.15) is 18.4 Å². The molecule has 0 bridgehead atoms. The first-order chi connectivity index (χ1) is 6.68. The number of halogens is 3. The van der Waals surface area contributed by atoms with E-state index in [0.717, 1.165) is 18.6 Å². The fraction of sp³-hybridized carbons (Fsp3) is 0.300. The summed E-state index contributed by atoms with van der Waals surface area (Å²) in [7, 11) is 0. The highest BCUT2D eigenvalue weighted by atomic mass is 19.2. The number of hydrogen-bond donors (Lipinski definition) is 0. The zero-order valence-electron chi connectivity index (χ0n) is 7.32. The van der Waals surface area contributed by atoms with E-state index < -0.39 is 17.5 Å². The van der Waals surface area contributed by atoms with E-state index in [0.29, 0.717) is 24.7 Å². The highest BCUT2D eigenvalue weighted by Crippen LogP contribution is 2.29. The Bertz CT molecular complexity index is 322. The molecule has 0 spiro atoms. The van der Waals surface area contributed by atoms with Gasteiger partial charge in [0, 0.05) is 6.61 Å². The Hall–Kier alpha value is -1.03. The first-order valence-electron chi connectivity index (χ1n) is 4.32. The molecule has 0 saturated carbocycles. The highest BCUT2D eigenvalue weighted by Gasteiger charge is 2.22. The first-order valence-corrected chi connectivity index (χ1v) is 4.32. The fourth-order valence-corrected chi connectivity index (χ4v) is 1.44. The van der Waals surface area contributed by atoms with Crippen LogP contribution in [0.3, 0.4) is 0 Å². The normalized spacial score (nSPS) is 17.6. The third-order valence-electron chi connectivity index (χ3n) is 2.13. The van der Waals surface area contributed by atoms with Crippen molar-refractivity contribution in [2.24, 2.45) is 0 Å². The van der Waals surface area contributed by atoms with Gasteiger partial charge >= 0.3 is 0 Å². The van der Waals surface area contributed by atoms with Crippen LogP contribution in [0, 0.1) is 23.6 Å². The van der Waals surface area contributed by atoms with Crippen LogP contribution in [0.4, 0.5) is 13.2 Å². The molecule has 0 aromatic heterocycles. The average molecular weight is 201 g/mol. The van der Waals surface area contributed by atoms with Crippen LogP contribution >= 0.6 is 0 Å². The predicted octanol–water partition coefficient (Wildman–Crippen LogP) is 2.79. The van der Waals surface area contributed by atoms with Crippen molar-refractivity contribution >= 4 is 0 Å². The van der Waals surface area contributed by atoms with Crippen LogP contribution in [0.15, 0.2) is 12.1 Å². The highest BCUT2D eigenvalue weighted by molar-refractivity contribution is 5.30. The lowest BCUT2D eigenvalue weighted by Crippen LogP contribution is -2.01. The van der Waals surface area contributed by atoms with Crippen molar-refractivity contribution in [3.8, 4) is 0 Å². The van der Waals surface area contributed by atoms with Gasteiger partial charge in [0.15, 0.2) is 17.5 Å². The van der Waals surface area contributed by atoms with E-state index >= 15 is 0 Å². The summed E-state index contributed by atoms with van der Waals surface area (Å²) in [4.78, 5) is 0. The van der Waals surface area contributed by atoms with Crippen LogP contribution in [0.2, 0.25) is 0 Å². The molecular formula is C10H8F3O. The summed E-state index contributed by atoms with van der Waals surface area (Å²) in [5.74, 6) is -3.79.